The molecule has 1 aliphatic rings. The fourth-order valence-corrected chi connectivity index (χ4v) is 3.05. The number of hydrogen-bond acceptors (Lipinski definition) is 3. The van der Waals surface area contributed by atoms with Crippen molar-refractivity contribution in [1.29, 1.82) is 0 Å². The molecule has 0 saturated heterocycles. The maximum Gasteiger partial charge on any atom is 0.201 e. The molecular weight excluding hydrogens is 230 g/mol. The first-order valence-electron chi connectivity index (χ1n) is 5.91. The molecule has 1 aromatic carbocycles. The molecule has 3 nitrogen and oxygen atoms in total. The average molecular weight is 247 g/mol. The number of hydrogen-bond donors (Lipinski definition) is 1. The van der Waals surface area contributed by atoms with Gasteiger partial charge >= 0.3 is 0 Å². The normalized spacial score (nSPS) is 17.5. The van der Waals surface area contributed by atoms with E-state index < -0.39 is 0 Å². The first kappa shape index (κ1) is 11.0. The van der Waals surface area contributed by atoms with Crippen LogP contribution in [0, 0.1) is 6.92 Å². The highest BCUT2D eigenvalue weighted by Crippen LogP contribution is 2.49. The number of anilines is 1. The zero-order valence-electron chi connectivity index (χ0n) is 10.2. The largest absolute Gasteiger partial charge is 0.369 e. The third-order valence-corrected chi connectivity index (χ3v) is 5.02. The number of imidazole rings is 1. The molecule has 17 heavy (non-hydrogen) atoms. The van der Waals surface area contributed by atoms with Gasteiger partial charge in [0.2, 0.25) is 5.95 Å². The summed E-state index contributed by atoms with van der Waals surface area (Å²) in [5.74, 6) is 0.644. The van der Waals surface area contributed by atoms with Crippen LogP contribution in [0.5, 0.6) is 0 Å². The first-order chi connectivity index (χ1) is 8.13. The first-order valence-corrected chi connectivity index (χ1v) is 7.14. The second-order valence-electron chi connectivity index (χ2n) is 4.94. The van der Waals surface area contributed by atoms with E-state index in [1.54, 1.807) is 0 Å². The maximum absolute atomic E-state index is 6.04. The van der Waals surface area contributed by atoms with E-state index in [2.05, 4.69) is 40.9 Å². The van der Waals surface area contributed by atoms with Gasteiger partial charge in [0.1, 0.15) is 0 Å². The molecule has 2 N–H and O–H groups in total. The van der Waals surface area contributed by atoms with Gasteiger partial charge in [-0.25, -0.2) is 4.98 Å². The number of fused-ring (bicyclic) bond motifs is 1. The number of aromatic nitrogens is 2. The van der Waals surface area contributed by atoms with Crippen LogP contribution in [0.3, 0.4) is 0 Å². The second-order valence-corrected chi connectivity index (χ2v) is 6.21. The summed E-state index contributed by atoms with van der Waals surface area (Å²) in [5.41, 5.74) is 9.44. The van der Waals surface area contributed by atoms with Crippen molar-refractivity contribution in [3.8, 4) is 0 Å². The zero-order valence-corrected chi connectivity index (χ0v) is 11.0. The van der Waals surface area contributed by atoms with Gasteiger partial charge in [-0.05, 0) is 43.7 Å². The molecule has 0 spiro atoms. The Morgan fingerprint density at radius 3 is 2.88 bits per heavy atom. The van der Waals surface area contributed by atoms with E-state index in [0.717, 1.165) is 17.6 Å². The minimum absolute atomic E-state index is 0.409. The molecule has 0 amide bonds. The summed E-state index contributed by atoms with van der Waals surface area (Å²) in [6, 6.07) is 6.35. The van der Waals surface area contributed by atoms with E-state index in [1.807, 2.05) is 11.8 Å². The quantitative estimate of drug-likeness (QED) is 0.907. The molecule has 3 rings (SSSR count). The molecule has 0 aliphatic heterocycles. The predicted molar refractivity (Wildman–Crippen MR) is 74.4 cm³/mol. The van der Waals surface area contributed by atoms with Crippen LogP contribution in [0.15, 0.2) is 18.2 Å². The van der Waals surface area contributed by atoms with Crippen LogP contribution in [-0.4, -0.2) is 20.6 Å². The lowest BCUT2D eigenvalue weighted by atomic mass is 10.2. The molecule has 1 fully saturated rings. The number of nitrogens with two attached hydrogens (primary N) is 1. The summed E-state index contributed by atoms with van der Waals surface area (Å²) < 4.78 is 2.57. The molecule has 2 aromatic rings. The van der Waals surface area contributed by atoms with Crippen LogP contribution in [-0.2, 0) is 6.54 Å². The Morgan fingerprint density at radius 2 is 2.24 bits per heavy atom. The lowest BCUT2D eigenvalue weighted by Crippen LogP contribution is -2.15. The summed E-state index contributed by atoms with van der Waals surface area (Å²) in [6.45, 7) is 3.07. The molecule has 90 valence electrons. The Labute approximate surface area is 105 Å². The zero-order chi connectivity index (χ0) is 12.0. The molecule has 0 unspecified atom stereocenters. The molecule has 0 radical (unpaired) electrons. The van der Waals surface area contributed by atoms with Gasteiger partial charge in [0.15, 0.2) is 0 Å². The summed E-state index contributed by atoms with van der Waals surface area (Å²) in [5, 5.41) is 0. The van der Waals surface area contributed by atoms with Gasteiger partial charge in [-0.15, -0.1) is 0 Å². The van der Waals surface area contributed by atoms with Crippen molar-refractivity contribution < 1.29 is 0 Å². The average Bonchev–Trinajstić information content (AvgIpc) is 3.01. The van der Waals surface area contributed by atoms with Crippen LogP contribution in [0.4, 0.5) is 5.95 Å². The van der Waals surface area contributed by atoms with Gasteiger partial charge in [0, 0.05) is 11.3 Å². The van der Waals surface area contributed by atoms with E-state index in [9.17, 15) is 0 Å². The monoisotopic (exact) mass is 247 g/mol. The smallest absolute Gasteiger partial charge is 0.201 e. The van der Waals surface area contributed by atoms with Gasteiger partial charge in [0.05, 0.1) is 11.0 Å². The summed E-state index contributed by atoms with van der Waals surface area (Å²) in [6.07, 6.45) is 4.77. The van der Waals surface area contributed by atoms with Gasteiger partial charge in [-0.3, -0.25) is 0 Å². The fourth-order valence-electron chi connectivity index (χ4n) is 2.28. The number of nitrogens with zero attached hydrogens (tertiary/aromatic N) is 2. The molecule has 0 bridgehead atoms. The number of thioether (sulfide) groups is 1. The topological polar surface area (TPSA) is 43.8 Å². The Bertz CT molecular complexity index is 569. The van der Waals surface area contributed by atoms with Crippen molar-refractivity contribution in [3.05, 3.63) is 23.8 Å². The van der Waals surface area contributed by atoms with Gasteiger partial charge < -0.3 is 10.3 Å². The lowest BCUT2D eigenvalue weighted by Gasteiger charge is -2.14. The Morgan fingerprint density at radius 1 is 1.47 bits per heavy atom. The van der Waals surface area contributed by atoms with Crippen LogP contribution < -0.4 is 5.73 Å². The number of rotatable bonds is 3. The summed E-state index contributed by atoms with van der Waals surface area (Å²) in [7, 11) is 0. The van der Waals surface area contributed by atoms with E-state index in [1.165, 1.54) is 18.4 Å². The standard InChI is InChI=1S/C13H17N3S/c1-9-3-4-11-10(7-9)15-12(14)16(11)8-13(17-2)5-6-13/h3-4,7H,5-6,8H2,1-2H3,(H2,14,15). The van der Waals surface area contributed by atoms with Gasteiger partial charge in [-0.2, -0.15) is 11.8 Å². The van der Waals surface area contributed by atoms with Crippen LogP contribution in [0.25, 0.3) is 11.0 Å². The summed E-state index contributed by atoms with van der Waals surface area (Å²) in [4.78, 5) is 4.45. The third kappa shape index (κ3) is 1.80. The van der Waals surface area contributed by atoms with E-state index >= 15 is 0 Å². The molecule has 1 heterocycles. The lowest BCUT2D eigenvalue weighted by molar-refractivity contribution is 0.687. The van der Waals surface area contributed by atoms with Crippen molar-refractivity contribution in [1.82, 2.24) is 9.55 Å². The van der Waals surface area contributed by atoms with E-state index in [-0.39, 0.29) is 0 Å². The van der Waals surface area contributed by atoms with E-state index in [4.69, 9.17) is 5.73 Å². The Kier molecular flexibility index (Phi) is 2.36. The Hall–Kier alpha value is -1.16. The predicted octanol–water partition coefficient (Wildman–Crippen LogP) is 2.82. The van der Waals surface area contributed by atoms with Crippen LogP contribution in [0.1, 0.15) is 18.4 Å². The van der Waals surface area contributed by atoms with Crippen LogP contribution >= 0.6 is 11.8 Å². The van der Waals surface area contributed by atoms with Crippen molar-refractivity contribution in [2.45, 2.75) is 31.1 Å². The molecule has 0 atom stereocenters. The molecule has 1 aromatic heterocycles. The third-order valence-electron chi connectivity index (χ3n) is 3.62. The maximum atomic E-state index is 6.04. The SMILES string of the molecule is CSC1(Cn2c(N)nc3cc(C)ccc32)CC1. The number of nitrogen functional groups attached to an aromatic ring is 1. The highest BCUT2D eigenvalue weighted by atomic mass is 32.2. The van der Waals surface area contributed by atoms with Crippen molar-refractivity contribution in [2.24, 2.45) is 0 Å². The fraction of sp³-hybridized carbons (Fsp3) is 0.462. The molecule has 1 saturated carbocycles. The molecular formula is C13H17N3S. The molecule has 1 aliphatic carbocycles. The Balaban J connectivity index is 2.06. The highest BCUT2D eigenvalue weighted by Gasteiger charge is 2.42. The number of benzene rings is 1. The van der Waals surface area contributed by atoms with Gasteiger partial charge in [0.25, 0.3) is 0 Å². The number of aryl methyl sites for hydroxylation is 1. The second kappa shape index (κ2) is 3.67. The van der Waals surface area contributed by atoms with E-state index in [0.29, 0.717) is 10.7 Å². The minimum Gasteiger partial charge on any atom is -0.369 e. The minimum atomic E-state index is 0.409. The molecule has 4 heteroatoms. The van der Waals surface area contributed by atoms with Crippen molar-refractivity contribution in [3.63, 3.8) is 0 Å². The van der Waals surface area contributed by atoms with Crippen molar-refractivity contribution in [2.75, 3.05) is 12.0 Å². The van der Waals surface area contributed by atoms with Crippen LogP contribution in [0.2, 0.25) is 0 Å². The summed E-state index contributed by atoms with van der Waals surface area (Å²) >= 11 is 1.95. The van der Waals surface area contributed by atoms with Crippen molar-refractivity contribution >= 4 is 28.7 Å². The highest BCUT2D eigenvalue weighted by molar-refractivity contribution is 8.00. The van der Waals surface area contributed by atoms with Gasteiger partial charge in [-0.1, -0.05) is 6.07 Å².